The molecular weight excluding hydrogens is 519 g/mol. The number of nitrogens with zero attached hydrogens (tertiary/aromatic N) is 3. The Bertz CT molecular complexity index is 1550. The van der Waals surface area contributed by atoms with E-state index in [2.05, 4.69) is 10.3 Å². The zero-order chi connectivity index (χ0) is 28.6. The summed E-state index contributed by atoms with van der Waals surface area (Å²) in [6.45, 7) is 3.92. The molecule has 0 atom stereocenters. The SMILES string of the molecule is COc1cc(N2CCCc3cc(/C(C=NC4CCNCC4)=C/N)c(C(F)(F)F)cc32)c2cc(C)c(=O)n(C)c2c1. The molecule has 1 fully saturated rings. The van der Waals surface area contributed by atoms with Crippen LogP contribution in [0.25, 0.3) is 16.5 Å². The second-order valence-corrected chi connectivity index (χ2v) is 10.4. The van der Waals surface area contributed by atoms with E-state index in [0.29, 0.717) is 41.2 Å². The summed E-state index contributed by atoms with van der Waals surface area (Å²) in [5.41, 5.74) is 8.42. The summed E-state index contributed by atoms with van der Waals surface area (Å²) in [6, 6.07) is 8.28. The van der Waals surface area contributed by atoms with Crippen LogP contribution in [0, 0.1) is 6.92 Å². The predicted octanol–water partition coefficient (Wildman–Crippen LogP) is 5.08. The maximum atomic E-state index is 14.6. The fourth-order valence-corrected chi connectivity index (χ4v) is 5.72. The van der Waals surface area contributed by atoms with Gasteiger partial charge in [-0.3, -0.25) is 9.79 Å². The van der Waals surface area contributed by atoms with Crippen molar-refractivity contribution >= 4 is 34.1 Å². The number of aromatic nitrogens is 1. The molecule has 0 saturated carbocycles. The zero-order valence-corrected chi connectivity index (χ0v) is 22.9. The van der Waals surface area contributed by atoms with Gasteiger partial charge in [0.25, 0.3) is 5.56 Å². The second-order valence-electron chi connectivity index (χ2n) is 10.4. The summed E-state index contributed by atoms with van der Waals surface area (Å²) < 4.78 is 50.8. The third-order valence-electron chi connectivity index (χ3n) is 7.87. The van der Waals surface area contributed by atoms with Crippen LogP contribution in [-0.4, -0.2) is 43.6 Å². The molecule has 2 aromatic carbocycles. The highest BCUT2D eigenvalue weighted by Gasteiger charge is 2.36. The number of fused-ring (bicyclic) bond motifs is 2. The Hall–Kier alpha value is -3.79. The molecule has 0 amide bonds. The molecule has 3 N–H and O–H groups in total. The summed E-state index contributed by atoms with van der Waals surface area (Å²) in [7, 11) is 3.21. The molecule has 212 valence electrons. The lowest BCUT2D eigenvalue weighted by Crippen LogP contribution is -2.29. The van der Waals surface area contributed by atoms with E-state index >= 15 is 0 Å². The topological polar surface area (TPSA) is 84.9 Å². The van der Waals surface area contributed by atoms with Gasteiger partial charge in [-0.05, 0) is 75.0 Å². The largest absolute Gasteiger partial charge is 0.497 e. The fourth-order valence-electron chi connectivity index (χ4n) is 5.72. The van der Waals surface area contributed by atoms with Crippen molar-refractivity contribution in [2.24, 2.45) is 17.8 Å². The Labute approximate surface area is 231 Å². The Morgan fingerprint density at radius 3 is 2.58 bits per heavy atom. The summed E-state index contributed by atoms with van der Waals surface area (Å²) in [4.78, 5) is 19.1. The van der Waals surface area contributed by atoms with Gasteiger partial charge < -0.3 is 25.3 Å². The number of nitrogens with two attached hydrogens (primary N) is 1. The number of ether oxygens (including phenoxy) is 1. The Kier molecular flexibility index (Phi) is 7.63. The van der Waals surface area contributed by atoms with Crippen molar-refractivity contribution in [1.82, 2.24) is 9.88 Å². The number of methoxy groups -OCH3 is 1. The maximum Gasteiger partial charge on any atom is 0.417 e. The molecular formula is C30H34F3N5O2. The highest BCUT2D eigenvalue weighted by atomic mass is 19.4. The molecule has 2 aliphatic heterocycles. The quantitative estimate of drug-likeness (QED) is 0.431. The van der Waals surface area contributed by atoms with E-state index in [4.69, 9.17) is 10.5 Å². The number of hydrogen-bond donors (Lipinski definition) is 2. The molecule has 0 spiro atoms. The Balaban J connectivity index is 1.67. The van der Waals surface area contributed by atoms with Gasteiger partial charge in [-0.2, -0.15) is 13.2 Å². The summed E-state index contributed by atoms with van der Waals surface area (Å²) in [5.74, 6) is 0.517. The van der Waals surface area contributed by atoms with E-state index in [1.54, 1.807) is 36.7 Å². The number of piperidine rings is 1. The van der Waals surface area contributed by atoms with Crippen LogP contribution in [0.1, 0.15) is 41.5 Å². The number of benzene rings is 2. The van der Waals surface area contributed by atoms with Gasteiger partial charge in [-0.1, -0.05) is 0 Å². The predicted molar refractivity (Wildman–Crippen MR) is 154 cm³/mol. The molecule has 7 nitrogen and oxygen atoms in total. The van der Waals surface area contributed by atoms with Crippen molar-refractivity contribution < 1.29 is 17.9 Å². The third-order valence-corrected chi connectivity index (χ3v) is 7.87. The van der Waals surface area contributed by atoms with Gasteiger partial charge in [0, 0.05) is 60.3 Å². The second kappa shape index (κ2) is 11.0. The van der Waals surface area contributed by atoms with Crippen molar-refractivity contribution in [2.75, 3.05) is 31.6 Å². The number of alkyl halides is 3. The lowest BCUT2D eigenvalue weighted by molar-refractivity contribution is -0.137. The molecule has 2 aliphatic rings. The summed E-state index contributed by atoms with van der Waals surface area (Å²) >= 11 is 0. The normalized spacial score (nSPS) is 17.1. The van der Waals surface area contributed by atoms with Crippen LogP contribution >= 0.6 is 0 Å². The van der Waals surface area contributed by atoms with E-state index < -0.39 is 11.7 Å². The fraction of sp³-hybridized carbons (Fsp3) is 0.400. The van der Waals surface area contributed by atoms with Crippen LogP contribution in [0.5, 0.6) is 5.75 Å². The van der Waals surface area contributed by atoms with Gasteiger partial charge in [0.2, 0.25) is 0 Å². The highest BCUT2D eigenvalue weighted by Crippen LogP contribution is 2.44. The van der Waals surface area contributed by atoms with Gasteiger partial charge >= 0.3 is 6.18 Å². The monoisotopic (exact) mass is 553 g/mol. The molecule has 3 heterocycles. The smallest absolute Gasteiger partial charge is 0.417 e. The average Bonchev–Trinajstić information content (AvgIpc) is 2.95. The molecule has 0 bridgehead atoms. The number of allylic oxidation sites excluding steroid dienone is 1. The molecule has 10 heteroatoms. The van der Waals surface area contributed by atoms with E-state index in [0.717, 1.165) is 43.3 Å². The van der Waals surface area contributed by atoms with Crippen molar-refractivity contribution in [1.29, 1.82) is 0 Å². The number of anilines is 2. The van der Waals surface area contributed by atoms with Crippen molar-refractivity contribution in [3.8, 4) is 5.75 Å². The number of aliphatic imine (C=N–C) groups is 1. The number of pyridine rings is 1. The van der Waals surface area contributed by atoms with Gasteiger partial charge in [-0.25, -0.2) is 0 Å². The van der Waals surface area contributed by atoms with Gasteiger partial charge in [0.05, 0.1) is 29.9 Å². The molecule has 5 rings (SSSR count). The first-order valence-corrected chi connectivity index (χ1v) is 13.5. The Morgan fingerprint density at radius 2 is 1.90 bits per heavy atom. The number of rotatable bonds is 5. The lowest BCUT2D eigenvalue weighted by atomic mass is 9.91. The van der Waals surface area contributed by atoms with Crippen LogP contribution in [0.4, 0.5) is 24.5 Å². The van der Waals surface area contributed by atoms with Crippen molar-refractivity contribution in [3.05, 3.63) is 69.1 Å². The lowest BCUT2D eigenvalue weighted by Gasteiger charge is -2.34. The van der Waals surface area contributed by atoms with Crippen LogP contribution < -0.4 is 26.2 Å². The number of halogens is 3. The molecule has 3 aromatic rings. The van der Waals surface area contributed by atoms with E-state index in [1.807, 2.05) is 11.0 Å². The highest BCUT2D eigenvalue weighted by molar-refractivity contribution is 6.10. The minimum atomic E-state index is -4.61. The molecule has 1 aromatic heterocycles. The first kappa shape index (κ1) is 27.8. The van der Waals surface area contributed by atoms with E-state index in [9.17, 15) is 18.0 Å². The maximum absolute atomic E-state index is 14.6. The zero-order valence-electron chi connectivity index (χ0n) is 22.9. The minimum absolute atomic E-state index is 0.0297. The number of aryl methyl sites for hydroxylation is 3. The van der Waals surface area contributed by atoms with Crippen LogP contribution in [-0.2, 0) is 19.6 Å². The molecule has 0 radical (unpaired) electrons. The van der Waals surface area contributed by atoms with E-state index in [1.165, 1.54) is 25.6 Å². The molecule has 0 aliphatic carbocycles. The molecule has 0 unspecified atom stereocenters. The molecule has 40 heavy (non-hydrogen) atoms. The first-order valence-electron chi connectivity index (χ1n) is 13.5. The van der Waals surface area contributed by atoms with Gasteiger partial charge in [-0.15, -0.1) is 0 Å². The summed E-state index contributed by atoms with van der Waals surface area (Å²) in [5, 5.41) is 4.03. The van der Waals surface area contributed by atoms with E-state index in [-0.39, 0.29) is 22.7 Å². The van der Waals surface area contributed by atoms with Gasteiger partial charge in [0.15, 0.2) is 0 Å². The third kappa shape index (κ3) is 5.20. The summed E-state index contributed by atoms with van der Waals surface area (Å²) in [6.07, 6.45) is 1.12. The molecule has 1 saturated heterocycles. The van der Waals surface area contributed by atoms with Crippen molar-refractivity contribution in [3.63, 3.8) is 0 Å². The number of hydrogen-bond acceptors (Lipinski definition) is 6. The number of nitrogens with one attached hydrogen (secondary N) is 1. The van der Waals surface area contributed by atoms with Crippen molar-refractivity contribution in [2.45, 2.75) is 44.8 Å². The van der Waals surface area contributed by atoms with Gasteiger partial charge in [0.1, 0.15) is 5.75 Å². The Morgan fingerprint density at radius 1 is 1.15 bits per heavy atom. The van der Waals surface area contributed by atoms with Crippen LogP contribution in [0.15, 0.2) is 46.3 Å². The van der Waals surface area contributed by atoms with Crippen LogP contribution in [0.3, 0.4) is 0 Å². The van der Waals surface area contributed by atoms with Crippen LogP contribution in [0.2, 0.25) is 0 Å². The average molecular weight is 554 g/mol. The first-order chi connectivity index (χ1) is 19.1. The standard InChI is InChI=1S/C30H34F3N5O2/c1-18-11-24-27(37(2)29(18)39)13-22(40-3)14-28(24)38-10-4-5-19-12-23(25(15-26(19)38)30(31,32)33)20(16-34)17-36-21-6-8-35-9-7-21/h11-17,21,35H,4-10,34H2,1-3H3/b20-16+,36-17?. The minimum Gasteiger partial charge on any atom is -0.497 e.